The Morgan fingerprint density at radius 2 is 1.71 bits per heavy atom. The number of anilines is 1. The van der Waals surface area contributed by atoms with Crippen molar-refractivity contribution < 1.29 is 22.4 Å². The first-order valence-corrected chi connectivity index (χ1v) is 11.7. The smallest absolute Gasteiger partial charge is 0.244 e. The third-order valence-electron chi connectivity index (χ3n) is 4.55. The number of amides is 2. The van der Waals surface area contributed by atoms with Crippen LogP contribution in [0.15, 0.2) is 42.5 Å². The summed E-state index contributed by atoms with van der Waals surface area (Å²) in [7, 11) is -2.44. The normalized spacial score (nSPS) is 12.2. The molecule has 2 rings (SSSR count). The van der Waals surface area contributed by atoms with Crippen molar-refractivity contribution in [3.63, 3.8) is 0 Å². The Balaban J connectivity index is 2.39. The topological polar surface area (TPSA) is 86.8 Å². The lowest BCUT2D eigenvalue weighted by Crippen LogP contribution is -2.50. The van der Waals surface area contributed by atoms with Crippen LogP contribution in [0, 0.1) is 5.82 Å². The maximum atomic E-state index is 13.2. The fourth-order valence-electron chi connectivity index (χ4n) is 2.83. The number of hydrogen-bond acceptors (Lipinski definition) is 4. The number of carbonyl (C=O) groups excluding carboxylic acids is 2. The number of carbonyl (C=O) groups is 2. The highest BCUT2D eigenvalue weighted by molar-refractivity contribution is 7.92. The number of likely N-dealkylation sites (N-methyl/N-ethyl adjacent to an activating group) is 1. The minimum absolute atomic E-state index is 0.0212. The van der Waals surface area contributed by atoms with Gasteiger partial charge in [0.25, 0.3) is 0 Å². The molecule has 7 nitrogen and oxygen atoms in total. The molecule has 0 unspecified atom stereocenters. The molecule has 2 amide bonds. The first kappa shape index (κ1) is 24.9. The quantitative estimate of drug-likeness (QED) is 0.617. The van der Waals surface area contributed by atoms with Crippen molar-refractivity contribution in [2.45, 2.75) is 19.5 Å². The molecule has 11 heteroatoms. The fourth-order valence-corrected chi connectivity index (χ4v) is 3.97. The minimum atomic E-state index is -3.87. The van der Waals surface area contributed by atoms with Crippen molar-refractivity contribution in [3.05, 3.63) is 63.9 Å². The van der Waals surface area contributed by atoms with E-state index in [4.69, 9.17) is 23.2 Å². The summed E-state index contributed by atoms with van der Waals surface area (Å²) in [5.41, 5.74) is 0.727. The predicted molar refractivity (Wildman–Crippen MR) is 119 cm³/mol. The zero-order chi connectivity index (χ0) is 23.3. The van der Waals surface area contributed by atoms with Crippen LogP contribution in [-0.4, -0.2) is 51.0 Å². The van der Waals surface area contributed by atoms with Crippen molar-refractivity contribution in [2.24, 2.45) is 0 Å². The van der Waals surface area contributed by atoms with Crippen molar-refractivity contribution >= 4 is 50.7 Å². The molecule has 168 valence electrons. The van der Waals surface area contributed by atoms with Gasteiger partial charge in [-0.15, -0.1) is 0 Å². The molecule has 0 aliphatic heterocycles. The van der Waals surface area contributed by atoms with Gasteiger partial charge in [0.1, 0.15) is 18.4 Å². The van der Waals surface area contributed by atoms with Gasteiger partial charge in [0.15, 0.2) is 0 Å². The Kier molecular flexibility index (Phi) is 8.27. The van der Waals surface area contributed by atoms with E-state index >= 15 is 0 Å². The number of rotatable bonds is 8. The third kappa shape index (κ3) is 6.56. The monoisotopic (exact) mass is 489 g/mol. The first-order valence-electron chi connectivity index (χ1n) is 9.12. The number of sulfonamides is 1. The third-order valence-corrected chi connectivity index (χ3v) is 6.43. The van der Waals surface area contributed by atoms with Gasteiger partial charge in [-0.05, 0) is 42.8 Å². The molecule has 0 aromatic heterocycles. The standard InChI is InChI=1S/C20H22Cl2FN3O4S/c1-13(20(28)24-2)25(11-14-4-6-15(23)7-5-14)19(27)12-26(31(3,29)30)16-8-9-17(21)18(22)10-16/h4-10,13H,11-12H2,1-3H3,(H,24,28)/t13-/m1/s1. The van der Waals surface area contributed by atoms with Crippen molar-refractivity contribution in [2.75, 3.05) is 24.2 Å². The highest BCUT2D eigenvalue weighted by Crippen LogP contribution is 2.28. The van der Waals surface area contributed by atoms with Crippen LogP contribution in [0.5, 0.6) is 0 Å². The van der Waals surface area contributed by atoms with Crippen LogP contribution >= 0.6 is 23.2 Å². The highest BCUT2D eigenvalue weighted by atomic mass is 35.5. The Morgan fingerprint density at radius 3 is 2.23 bits per heavy atom. The maximum Gasteiger partial charge on any atom is 0.244 e. The van der Waals surface area contributed by atoms with Crippen LogP contribution in [0.3, 0.4) is 0 Å². The molecule has 0 fully saturated rings. The largest absolute Gasteiger partial charge is 0.357 e. The molecule has 0 spiro atoms. The van der Waals surface area contributed by atoms with Crippen LogP contribution in [0.1, 0.15) is 12.5 Å². The average molecular weight is 490 g/mol. The number of hydrogen-bond donors (Lipinski definition) is 1. The second-order valence-electron chi connectivity index (χ2n) is 6.81. The van der Waals surface area contributed by atoms with E-state index in [1.165, 1.54) is 61.3 Å². The fraction of sp³-hybridized carbons (Fsp3) is 0.300. The Hall–Kier alpha value is -2.36. The van der Waals surface area contributed by atoms with E-state index < -0.39 is 40.2 Å². The molecule has 0 aliphatic rings. The summed E-state index contributed by atoms with van der Waals surface area (Å²) < 4.78 is 38.9. The molecule has 2 aromatic rings. The van der Waals surface area contributed by atoms with Gasteiger partial charge in [-0.1, -0.05) is 35.3 Å². The van der Waals surface area contributed by atoms with E-state index in [1.807, 2.05) is 0 Å². The summed E-state index contributed by atoms with van der Waals surface area (Å²) in [4.78, 5) is 26.6. The SMILES string of the molecule is CNC(=O)[C@@H](C)N(Cc1ccc(F)cc1)C(=O)CN(c1ccc(Cl)c(Cl)c1)S(C)(=O)=O. The summed E-state index contributed by atoms with van der Waals surface area (Å²) in [6.07, 6.45) is 0.954. The zero-order valence-corrected chi connectivity index (χ0v) is 19.4. The van der Waals surface area contributed by atoms with Crippen molar-refractivity contribution in [1.29, 1.82) is 0 Å². The van der Waals surface area contributed by atoms with E-state index in [-0.39, 0.29) is 22.3 Å². The molecule has 0 bridgehead atoms. The molecule has 0 aliphatic carbocycles. The lowest BCUT2D eigenvalue weighted by Gasteiger charge is -2.31. The molecule has 0 radical (unpaired) electrons. The van der Waals surface area contributed by atoms with Gasteiger partial charge in [-0.3, -0.25) is 13.9 Å². The number of benzene rings is 2. The van der Waals surface area contributed by atoms with E-state index in [2.05, 4.69) is 5.32 Å². The summed E-state index contributed by atoms with van der Waals surface area (Å²) in [6.45, 7) is 0.927. The van der Waals surface area contributed by atoms with Crippen LogP contribution in [-0.2, 0) is 26.2 Å². The van der Waals surface area contributed by atoms with Gasteiger partial charge >= 0.3 is 0 Å². The second kappa shape index (κ2) is 10.3. The summed E-state index contributed by atoms with van der Waals surface area (Å²) in [5, 5.41) is 2.83. The minimum Gasteiger partial charge on any atom is -0.357 e. The Bertz CT molecular complexity index is 1060. The zero-order valence-electron chi connectivity index (χ0n) is 17.1. The molecule has 0 saturated carbocycles. The highest BCUT2D eigenvalue weighted by Gasteiger charge is 2.29. The molecule has 1 N–H and O–H groups in total. The van der Waals surface area contributed by atoms with Crippen molar-refractivity contribution in [1.82, 2.24) is 10.2 Å². The van der Waals surface area contributed by atoms with Gasteiger partial charge < -0.3 is 10.2 Å². The number of nitrogens with one attached hydrogen (secondary N) is 1. The second-order valence-corrected chi connectivity index (χ2v) is 9.53. The van der Waals surface area contributed by atoms with E-state index in [0.29, 0.717) is 5.56 Å². The summed E-state index contributed by atoms with van der Waals surface area (Å²) in [6, 6.07) is 8.73. The molecule has 2 aromatic carbocycles. The maximum absolute atomic E-state index is 13.2. The van der Waals surface area contributed by atoms with Crippen LogP contribution in [0.2, 0.25) is 10.0 Å². The number of nitrogens with zero attached hydrogens (tertiary/aromatic N) is 2. The lowest BCUT2D eigenvalue weighted by molar-refractivity contribution is -0.139. The van der Waals surface area contributed by atoms with Crippen LogP contribution < -0.4 is 9.62 Å². The van der Waals surface area contributed by atoms with E-state index in [0.717, 1.165) is 10.6 Å². The molecule has 0 heterocycles. The molecule has 1 atom stereocenters. The van der Waals surface area contributed by atoms with E-state index in [1.54, 1.807) is 0 Å². The Labute approximate surface area is 190 Å². The van der Waals surface area contributed by atoms with Gasteiger partial charge in [-0.2, -0.15) is 0 Å². The van der Waals surface area contributed by atoms with E-state index in [9.17, 15) is 22.4 Å². The predicted octanol–water partition coefficient (Wildman–Crippen LogP) is 3.06. The summed E-state index contributed by atoms with van der Waals surface area (Å²) >= 11 is 11.9. The van der Waals surface area contributed by atoms with Crippen LogP contribution in [0.25, 0.3) is 0 Å². The lowest BCUT2D eigenvalue weighted by atomic mass is 10.1. The first-order chi connectivity index (χ1) is 14.4. The summed E-state index contributed by atoms with van der Waals surface area (Å²) in [5.74, 6) is -1.50. The average Bonchev–Trinajstić information content (AvgIpc) is 2.71. The van der Waals surface area contributed by atoms with Gasteiger partial charge in [0, 0.05) is 13.6 Å². The molecular formula is C20H22Cl2FN3O4S. The molecule has 31 heavy (non-hydrogen) atoms. The molecular weight excluding hydrogens is 468 g/mol. The molecule has 0 saturated heterocycles. The van der Waals surface area contributed by atoms with Gasteiger partial charge in [0.2, 0.25) is 21.8 Å². The van der Waals surface area contributed by atoms with Crippen molar-refractivity contribution in [3.8, 4) is 0 Å². The van der Waals surface area contributed by atoms with Gasteiger partial charge in [-0.25, -0.2) is 12.8 Å². The number of halogens is 3. The van der Waals surface area contributed by atoms with Crippen LogP contribution in [0.4, 0.5) is 10.1 Å². The Morgan fingerprint density at radius 1 is 1.10 bits per heavy atom. The van der Waals surface area contributed by atoms with Gasteiger partial charge in [0.05, 0.1) is 22.0 Å².